The molecule has 0 N–H and O–H groups in total. The molecule has 1 aromatic rings. The van der Waals surface area contributed by atoms with Gasteiger partial charge in [-0.15, -0.1) is 0 Å². The summed E-state index contributed by atoms with van der Waals surface area (Å²) in [4.78, 5) is 10.4. The van der Waals surface area contributed by atoms with Gasteiger partial charge in [-0.3, -0.25) is 0 Å². The second-order valence-electron chi connectivity index (χ2n) is 3.54. The average Bonchev–Trinajstić information content (AvgIpc) is 2.95. The molecule has 2 nitrogen and oxygen atoms in total. The van der Waals surface area contributed by atoms with Gasteiger partial charge in [-0.2, -0.15) is 0 Å². The van der Waals surface area contributed by atoms with E-state index in [1.54, 1.807) is 0 Å². The van der Waals surface area contributed by atoms with E-state index in [0.29, 0.717) is 12.5 Å². The third-order valence-electron chi connectivity index (χ3n) is 2.44. The summed E-state index contributed by atoms with van der Waals surface area (Å²) in [6.07, 6.45) is 2.00. The van der Waals surface area contributed by atoms with Crippen LogP contribution in [0.5, 0.6) is 5.75 Å². The summed E-state index contributed by atoms with van der Waals surface area (Å²) in [5, 5.41) is 0. The highest BCUT2D eigenvalue weighted by Crippen LogP contribution is 2.37. The number of benzene rings is 1. The first kappa shape index (κ1) is 9.71. The Hall–Kier alpha value is -0.830. The third-order valence-corrected chi connectivity index (χ3v) is 3.10. The van der Waals surface area contributed by atoms with E-state index in [1.807, 2.05) is 24.3 Å². The van der Waals surface area contributed by atoms with Crippen LogP contribution in [0.25, 0.3) is 0 Å². The van der Waals surface area contributed by atoms with Crippen LogP contribution in [0.3, 0.4) is 0 Å². The van der Waals surface area contributed by atoms with Gasteiger partial charge in [-0.1, -0.05) is 12.1 Å². The van der Waals surface area contributed by atoms with Crippen LogP contribution in [0.4, 0.5) is 0 Å². The highest BCUT2D eigenvalue weighted by molar-refractivity contribution is 9.10. The first-order valence-electron chi connectivity index (χ1n) is 4.64. The molecule has 3 heteroatoms. The van der Waals surface area contributed by atoms with E-state index < -0.39 is 0 Å². The molecule has 1 aliphatic carbocycles. The molecule has 2 unspecified atom stereocenters. The van der Waals surface area contributed by atoms with E-state index in [9.17, 15) is 4.79 Å². The van der Waals surface area contributed by atoms with Gasteiger partial charge in [0, 0.05) is 11.8 Å². The smallest absolute Gasteiger partial charge is 0.133 e. The molecular formula is C11H11BrO2. The van der Waals surface area contributed by atoms with Crippen molar-refractivity contribution in [2.45, 2.75) is 6.42 Å². The molecule has 74 valence electrons. The number of para-hydroxylation sites is 1. The first-order chi connectivity index (χ1) is 6.81. The Morgan fingerprint density at radius 1 is 1.50 bits per heavy atom. The van der Waals surface area contributed by atoms with Crippen LogP contribution in [0.2, 0.25) is 0 Å². The Morgan fingerprint density at radius 3 is 2.93 bits per heavy atom. The molecular weight excluding hydrogens is 244 g/mol. The topological polar surface area (TPSA) is 26.3 Å². The van der Waals surface area contributed by atoms with Crippen LogP contribution < -0.4 is 4.74 Å². The molecule has 0 amide bonds. The standard InChI is InChI=1S/C11H11BrO2/c12-10-3-1-2-4-11(10)14-7-9-5-8(9)6-13/h1-4,6,8-9H,5,7H2. The molecule has 0 heterocycles. The zero-order chi connectivity index (χ0) is 9.97. The molecule has 1 saturated carbocycles. The van der Waals surface area contributed by atoms with Crippen LogP contribution in [0.1, 0.15) is 6.42 Å². The van der Waals surface area contributed by atoms with Gasteiger partial charge in [-0.05, 0) is 34.5 Å². The van der Waals surface area contributed by atoms with Gasteiger partial charge in [0.15, 0.2) is 0 Å². The van der Waals surface area contributed by atoms with Crippen molar-refractivity contribution in [2.24, 2.45) is 11.8 Å². The van der Waals surface area contributed by atoms with E-state index in [2.05, 4.69) is 15.9 Å². The molecule has 0 spiro atoms. The normalized spacial score (nSPS) is 24.4. The van der Waals surface area contributed by atoms with Crippen molar-refractivity contribution in [2.75, 3.05) is 6.61 Å². The zero-order valence-corrected chi connectivity index (χ0v) is 9.24. The Balaban J connectivity index is 1.87. The Morgan fingerprint density at radius 2 is 2.29 bits per heavy atom. The molecule has 1 aliphatic rings. The lowest BCUT2D eigenvalue weighted by molar-refractivity contribution is -0.109. The summed E-state index contributed by atoms with van der Waals surface area (Å²) >= 11 is 3.40. The van der Waals surface area contributed by atoms with Crippen molar-refractivity contribution in [3.63, 3.8) is 0 Å². The molecule has 2 rings (SSSR count). The maximum Gasteiger partial charge on any atom is 0.133 e. The summed E-state index contributed by atoms with van der Waals surface area (Å²) in [6, 6.07) is 7.74. The maximum absolute atomic E-state index is 10.4. The van der Waals surface area contributed by atoms with Crippen LogP contribution in [0, 0.1) is 11.8 Å². The summed E-state index contributed by atoms with van der Waals surface area (Å²) in [5.74, 6) is 1.51. The summed E-state index contributed by atoms with van der Waals surface area (Å²) in [7, 11) is 0. The van der Waals surface area contributed by atoms with Crippen LogP contribution in [-0.4, -0.2) is 12.9 Å². The van der Waals surface area contributed by atoms with E-state index >= 15 is 0 Å². The van der Waals surface area contributed by atoms with Crippen molar-refractivity contribution in [1.29, 1.82) is 0 Å². The second kappa shape index (κ2) is 4.13. The predicted octanol–water partition coefficient (Wildman–Crippen LogP) is 2.66. The Bertz CT molecular complexity index is 338. The van der Waals surface area contributed by atoms with Crippen molar-refractivity contribution in [3.8, 4) is 5.75 Å². The van der Waals surface area contributed by atoms with Crippen molar-refractivity contribution >= 4 is 22.2 Å². The van der Waals surface area contributed by atoms with Crippen molar-refractivity contribution < 1.29 is 9.53 Å². The lowest BCUT2D eigenvalue weighted by atomic mass is 10.3. The molecule has 0 radical (unpaired) electrons. The Labute approximate surface area is 91.4 Å². The van der Waals surface area contributed by atoms with Gasteiger partial charge in [-0.25, -0.2) is 0 Å². The van der Waals surface area contributed by atoms with E-state index in [0.717, 1.165) is 22.9 Å². The first-order valence-corrected chi connectivity index (χ1v) is 5.43. The molecule has 14 heavy (non-hydrogen) atoms. The largest absolute Gasteiger partial charge is 0.492 e. The molecule has 1 fully saturated rings. The number of hydrogen-bond acceptors (Lipinski definition) is 2. The van der Waals surface area contributed by atoms with Crippen molar-refractivity contribution in [3.05, 3.63) is 28.7 Å². The van der Waals surface area contributed by atoms with Gasteiger partial charge in [0.25, 0.3) is 0 Å². The number of carbonyl (C=O) groups is 1. The predicted molar refractivity (Wildman–Crippen MR) is 57.3 cm³/mol. The summed E-state index contributed by atoms with van der Waals surface area (Å²) in [6.45, 7) is 0.645. The molecule has 0 saturated heterocycles. The number of hydrogen-bond donors (Lipinski definition) is 0. The molecule has 0 aliphatic heterocycles. The van der Waals surface area contributed by atoms with E-state index in [4.69, 9.17) is 4.74 Å². The lowest BCUT2D eigenvalue weighted by Gasteiger charge is -2.06. The Kier molecular flexibility index (Phi) is 2.87. The third kappa shape index (κ3) is 2.15. The van der Waals surface area contributed by atoms with Crippen molar-refractivity contribution in [1.82, 2.24) is 0 Å². The van der Waals surface area contributed by atoms with Gasteiger partial charge >= 0.3 is 0 Å². The van der Waals surface area contributed by atoms with Crippen LogP contribution in [-0.2, 0) is 4.79 Å². The minimum absolute atomic E-state index is 0.234. The van der Waals surface area contributed by atoms with Gasteiger partial charge < -0.3 is 9.53 Å². The van der Waals surface area contributed by atoms with Gasteiger partial charge in [0.1, 0.15) is 12.0 Å². The summed E-state index contributed by atoms with van der Waals surface area (Å²) in [5.41, 5.74) is 0. The van der Waals surface area contributed by atoms with Gasteiger partial charge in [0.2, 0.25) is 0 Å². The molecule has 1 aromatic carbocycles. The highest BCUT2D eigenvalue weighted by atomic mass is 79.9. The van der Waals surface area contributed by atoms with Crippen LogP contribution in [0.15, 0.2) is 28.7 Å². The maximum atomic E-state index is 10.4. The van der Waals surface area contributed by atoms with Gasteiger partial charge in [0.05, 0.1) is 11.1 Å². The fraction of sp³-hybridized carbons (Fsp3) is 0.364. The number of aldehydes is 1. The van der Waals surface area contributed by atoms with E-state index in [1.165, 1.54) is 0 Å². The minimum atomic E-state index is 0.234. The number of rotatable bonds is 4. The molecule has 0 aromatic heterocycles. The number of ether oxygens (including phenoxy) is 1. The quantitative estimate of drug-likeness (QED) is 0.773. The SMILES string of the molecule is O=CC1CC1COc1ccccc1Br. The zero-order valence-electron chi connectivity index (χ0n) is 7.65. The number of halogens is 1. The summed E-state index contributed by atoms with van der Waals surface area (Å²) < 4.78 is 6.55. The fourth-order valence-electron chi connectivity index (χ4n) is 1.39. The average molecular weight is 255 g/mol. The second-order valence-corrected chi connectivity index (χ2v) is 4.39. The highest BCUT2D eigenvalue weighted by Gasteiger charge is 2.37. The lowest BCUT2D eigenvalue weighted by Crippen LogP contribution is -2.01. The monoisotopic (exact) mass is 254 g/mol. The number of carbonyl (C=O) groups excluding carboxylic acids is 1. The molecule has 2 atom stereocenters. The molecule has 0 bridgehead atoms. The minimum Gasteiger partial charge on any atom is -0.492 e. The van der Waals surface area contributed by atoms with Crippen LogP contribution >= 0.6 is 15.9 Å². The van der Waals surface area contributed by atoms with E-state index in [-0.39, 0.29) is 5.92 Å². The fourth-order valence-corrected chi connectivity index (χ4v) is 1.79.